The summed E-state index contributed by atoms with van der Waals surface area (Å²) in [5, 5.41) is 0. The Kier molecular flexibility index (Phi) is 3.83. The minimum absolute atomic E-state index is 0.741. The SMILES string of the molecule is CC(CI)Cc1ccccn1. The standard InChI is InChI=1S/C9H12IN/c1-8(7-10)6-9-4-2-3-5-11-9/h2-5,8H,6-7H2,1H3. The zero-order valence-electron chi connectivity index (χ0n) is 6.63. The zero-order valence-corrected chi connectivity index (χ0v) is 8.78. The number of rotatable bonds is 3. The van der Waals surface area contributed by atoms with Crippen molar-refractivity contribution in [2.45, 2.75) is 13.3 Å². The molecule has 0 spiro atoms. The molecule has 0 fully saturated rings. The van der Waals surface area contributed by atoms with Gasteiger partial charge in [0.15, 0.2) is 0 Å². The third kappa shape index (κ3) is 3.18. The zero-order chi connectivity index (χ0) is 8.10. The minimum Gasteiger partial charge on any atom is -0.261 e. The molecule has 0 radical (unpaired) electrons. The Morgan fingerprint density at radius 3 is 2.91 bits per heavy atom. The first kappa shape index (κ1) is 8.97. The molecule has 11 heavy (non-hydrogen) atoms. The molecule has 0 saturated carbocycles. The first-order chi connectivity index (χ1) is 5.33. The van der Waals surface area contributed by atoms with Gasteiger partial charge in [-0.05, 0) is 24.5 Å². The lowest BCUT2D eigenvalue weighted by Crippen LogP contribution is -2.01. The molecule has 0 N–H and O–H groups in total. The van der Waals surface area contributed by atoms with Crippen LogP contribution in [0.4, 0.5) is 0 Å². The van der Waals surface area contributed by atoms with Gasteiger partial charge in [0.05, 0.1) is 0 Å². The molecular weight excluding hydrogens is 249 g/mol. The number of halogens is 1. The number of aromatic nitrogens is 1. The van der Waals surface area contributed by atoms with E-state index >= 15 is 0 Å². The maximum Gasteiger partial charge on any atom is 0.0406 e. The molecule has 1 aromatic rings. The molecule has 1 unspecified atom stereocenters. The molecule has 0 bridgehead atoms. The van der Waals surface area contributed by atoms with Crippen molar-refractivity contribution in [2.24, 2.45) is 5.92 Å². The summed E-state index contributed by atoms with van der Waals surface area (Å²) in [5.74, 6) is 0.741. The predicted octanol–water partition coefficient (Wildman–Crippen LogP) is 2.70. The lowest BCUT2D eigenvalue weighted by atomic mass is 10.1. The van der Waals surface area contributed by atoms with Crippen LogP contribution in [0.25, 0.3) is 0 Å². The second-order valence-corrected chi connectivity index (χ2v) is 3.67. The van der Waals surface area contributed by atoms with Crippen LogP contribution in [0.2, 0.25) is 0 Å². The molecule has 2 heteroatoms. The quantitative estimate of drug-likeness (QED) is 0.602. The van der Waals surface area contributed by atoms with Crippen LogP contribution >= 0.6 is 22.6 Å². The molecule has 0 saturated heterocycles. The van der Waals surface area contributed by atoms with Crippen molar-refractivity contribution >= 4 is 22.6 Å². The average molecular weight is 261 g/mol. The topological polar surface area (TPSA) is 12.9 Å². The van der Waals surface area contributed by atoms with E-state index in [1.165, 1.54) is 10.1 Å². The van der Waals surface area contributed by atoms with E-state index in [-0.39, 0.29) is 0 Å². The Morgan fingerprint density at radius 1 is 1.55 bits per heavy atom. The smallest absolute Gasteiger partial charge is 0.0406 e. The van der Waals surface area contributed by atoms with E-state index in [4.69, 9.17) is 0 Å². The molecule has 0 amide bonds. The molecule has 1 atom stereocenters. The van der Waals surface area contributed by atoms with E-state index in [0.717, 1.165) is 12.3 Å². The van der Waals surface area contributed by atoms with Crippen molar-refractivity contribution in [1.82, 2.24) is 4.98 Å². The summed E-state index contributed by atoms with van der Waals surface area (Å²) in [4.78, 5) is 4.26. The largest absolute Gasteiger partial charge is 0.261 e. The van der Waals surface area contributed by atoms with Crippen LogP contribution in [0.5, 0.6) is 0 Å². The third-order valence-electron chi connectivity index (χ3n) is 1.55. The van der Waals surface area contributed by atoms with E-state index in [9.17, 15) is 0 Å². The van der Waals surface area contributed by atoms with Gasteiger partial charge in [-0.3, -0.25) is 4.98 Å². The fourth-order valence-corrected chi connectivity index (χ4v) is 1.24. The normalized spacial score (nSPS) is 12.9. The Morgan fingerprint density at radius 2 is 2.36 bits per heavy atom. The molecule has 1 aromatic heterocycles. The first-order valence-corrected chi connectivity index (χ1v) is 5.31. The van der Waals surface area contributed by atoms with E-state index in [1.807, 2.05) is 18.3 Å². The van der Waals surface area contributed by atoms with Crippen LogP contribution in [-0.4, -0.2) is 9.41 Å². The van der Waals surface area contributed by atoms with Gasteiger partial charge in [0.2, 0.25) is 0 Å². The lowest BCUT2D eigenvalue weighted by molar-refractivity contribution is 0.655. The molecule has 1 nitrogen and oxygen atoms in total. The molecule has 60 valence electrons. The molecular formula is C9H12IN. The predicted molar refractivity (Wildman–Crippen MR) is 56.0 cm³/mol. The molecule has 0 aromatic carbocycles. The van der Waals surface area contributed by atoms with Gasteiger partial charge in [-0.1, -0.05) is 35.6 Å². The summed E-state index contributed by atoms with van der Waals surface area (Å²) >= 11 is 2.41. The fraction of sp³-hybridized carbons (Fsp3) is 0.444. The summed E-state index contributed by atoms with van der Waals surface area (Å²) in [6.07, 6.45) is 2.96. The van der Waals surface area contributed by atoms with Crippen LogP contribution in [0.3, 0.4) is 0 Å². The van der Waals surface area contributed by atoms with Crippen molar-refractivity contribution in [3.63, 3.8) is 0 Å². The highest BCUT2D eigenvalue weighted by Gasteiger charge is 2.00. The Balaban J connectivity index is 2.51. The molecule has 1 rings (SSSR count). The monoisotopic (exact) mass is 261 g/mol. The summed E-state index contributed by atoms with van der Waals surface area (Å²) in [7, 11) is 0. The molecule has 1 heterocycles. The third-order valence-corrected chi connectivity index (χ3v) is 3.05. The van der Waals surface area contributed by atoms with E-state index in [0.29, 0.717) is 0 Å². The second kappa shape index (κ2) is 4.70. The van der Waals surface area contributed by atoms with Gasteiger partial charge in [0.25, 0.3) is 0 Å². The highest BCUT2D eigenvalue weighted by atomic mass is 127. The Hall–Kier alpha value is -0.120. The van der Waals surface area contributed by atoms with E-state index in [1.54, 1.807) is 0 Å². The number of alkyl halides is 1. The van der Waals surface area contributed by atoms with Gasteiger partial charge in [-0.2, -0.15) is 0 Å². The Bertz CT molecular complexity index is 198. The fourth-order valence-electron chi connectivity index (χ4n) is 0.930. The number of pyridine rings is 1. The van der Waals surface area contributed by atoms with Crippen molar-refractivity contribution in [3.05, 3.63) is 30.1 Å². The summed E-state index contributed by atoms with van der Waals surface area (Å²) < 4.78 is 1.20. The number of hydrogen-bond donors (Lipinski definition) is 0. The van der Waals surface area contributed by atoms with Gasteiger partial charge < -0.3 is 0 Å². The van der Waals surface area contributed by atoms with E-state index in [2.05, 4.69) is 40.6 Å². The van der Waals surface area contributed by atoms with Gasteiger partial charge in [-0.15, -0.1) is 0 Å². The van der Waals surface area contributed by atoms with Crippen LogP contribution in [0.1, 0.15) is 12.6 Å². The highest BCUT2D eigenvalue weighted by molar-refractivity contribution is 14.1. The maximum atomic E-state index is 4.26. The highest BCUT2D eigenvalue weighted by Crippen LogP contribution is 2.07. The van der Waals surface area contributed by atoms with Gasteiger partial charge in [0.1, 0.15) is 0 Å². The van der Waals surface area contributed by atoms with Gasteiger partial charge >= 0.3 is 0 Å². The van der Waals surface area contributed by atoms with Crippen LogP contribution in [0, 0.1) is 5.92 Å². The average Bonchev–Trinajstić information content (AvgIpc) is 2.06. The number of hydrogen-bond acceptors (Lipinski definition) is 1. The number of nitrogens with zero attached hydrogens (tertiary/aromatic N) is 1. The van der Waals surface area contributed by atoms with Crippen LogP contribution < -0.4 is 0 Å². The van der Waals surface area contributed by atoms with Crippen LogP contribution in [0.15, 0.2) is 24.4 Å². The van der Waals surface area contributed by atoms with Gasteiger partial charge in [-0.25, -0.2) is 0 Å². The van der Waals surface area contributed by atoms with Gasteiger partial charge in [0, 0.05) is 16.3 Å². The van der Waals surface area contributed by atoms with Crippen LogP contribution in [-0.2, 0) is 6.42 Å². The molecule has 0 aliphatic heterocycles. The first-order valence-electron chi connectivity index (χ1n) is 3.79. The van der Waals surface area contributed by atoms with Crippen molar-refractivity contribution in [1.29, 1.82) is 0 Å². The Labute approximate surface area is 81.4 Å². The summed E-state index contributed by atoms with van der Waals surface area (Å²) in [6, 6.07) is 6.09. The maximum absolute atomic E-state index is 4.26. The minimum atomic E-state index is 0.741. The lowest BCUT2D eigenvalue weighted by Gasteiger charge is -2.05. The second-order valence-electron chi connectivity index (χ2n) is 2.78. The molecule has 0 aliphatic carbocycles. The van der Waals surface area contributed by atoms with Crippen molar-refractivity contribution in [3.8, 4) is 0 Å². The molecule has 0 aliphatic rings. The summed E-state index contributed by atoms with van der Waals surface area (Å²) in [6.45, 7) is 2.25. The van der Waals surface area contributed by atoms with E-state index < -0.39 is 0 Å². The van der Waals surface area contributed by atoms with Crippen molar-refractivity contribution < 1.29 is 0 Å². The summed E-state index contributed by atoms with van der Waals surface area (Å²) in [5.41, 5.74) is 1.21. The van der Waals surface area contributed by atoms with Crippen molar-refractivity contribution in [2.75, 3.05) is 4.43 Å².